The summed E-state index contributed by atoms with van der Waals surface area (Å²) in [5.74, 6) is -0.338. The lowest BCUT2D eigenvalue weighted by molar-refractivity contribution is 0.0972. The molecule has 0 unspecified atom stereocenters. The van der Waals surface area contributed by atoms with Gasteiger partial charge in [-0.15, -0.1) is 0 Å². The van der Waals surface area contributed by atoms with Gasteiger partial charge >= 0.3 is 0 Å². The Labute approximate surface area is 69.3 Å². The molecule has 1 aromatic rings. The maximum absolute atomic E-state index is 10.9. The Kier molecular flexibility index (Phi) is 2.14. The van der Waals surface area contributed by atoms with E-state index in [0.717, 1.165) is 5.69 Å². The molecule has 0 radical (unpaired) electrons. The van der Waals surface area contributed by atoms with Gasteiger partial charge in [0.25, 0.3) is 5.91 Å². The minimum Gasteiger partial charge on any atom is -0.266 e. The first-order valence-corrected chi connectivity index (χ1v) is 3.44. The van der Waals surface area contributed by atoms with Crippen molar-refractivity contribution in [3.8, 4) is 0 Å². The molecular weight excluding hydrogens is 166 g/mol. The molecular formula is C6H8ClN3O. The van der Waals surface area contributed by atoms with Gasteiger partial charge in [-0.25, -0.2) is 0 Å². The number of hydrogen-bond donors (Lipinski definition) is 1. The van der Waals surface area contributed by atoms with Crippen LogP contribution in [0.1, 0.15) is 16.2 Å². The first kappa shape index (κ1) is 8.07. The van der Waals surface area contributed by atoms with Gasteiger partial charge in [-0.2, -0.15) is 5.10 Å². The molecule has 4 nitrogen and oxygen atoms in total. The third kappa shape index (κ3) is 1.51. The van der Waals surface area contributed by atoms with E-state index >= 15 is 0 Å². The van der Waals surface area contributed by atoms with Crippen molar-refractivity contribution in [2.45, 2.75) is 6.92 Å². The largest absolute Gasteiger partial charge is 0.283 e. The van der Waals surface area contributed by atoms with Crippen molar-refractivity contribution >= 4 is 17.7 Å². The Hall–Kier alpha value is -1.03. The van der Waals surface area contributed by atoms with Gasteiger partial charge in [0.1, 0.15) is 5.69 Å². The van der Waals surface area contributed by atoms with Gasteiger partial charge in [0.15, 0.2) is 0 Å². The Morgan fingerprint density at radius 2 is 2.45 bits per heavy atom. The maximum Gasteiger partial charge on any atom is 0.283 e. The van der Waals surface area contributed by atoms with E-state index in [2.05, 4.69) is 5.10 Å². The molecule has 0 aliphatic heterocycles. The highest BCUT2D eigenvalue weighted by atomic mass is 35.5. The summed E-state index contributed by atoms with van der Waals surface area (Å²) in [4.78, 5) is 13.0. The van der Waals surface area contributed by atoms with Crippen LogP contribution < -0.4 is 4.84 Å². The number of carbonyl (C=O) groups is 1. The van der Waals surface area contributed by atoms with Crippen molar-refractivity contribution < 1.29 is 4.79 Å². The zero-order valence-electron chi connectivity index (χ0n) is 6.26. The molecule has 1 aromatic heterocycles. The molecule has 0 fully saturated rings. The van der Waals surface area contributed by atoms with Crippen LogP contribution in [-0.4, -0.2) is 15.7 Å². The van der Waals surface area contributed by atoms with Crippen molar-refractivity contribution in [1.29, 1.82) is 0 Å². The van der Waals surface area contributed by atoms with Crippen LogP contribution in [0.25, 0.3) is 0 Å². The second kappa shape index (κ2) is 2.92. The van der Waals surface area contributed by atoms with Crippen molar-refractivity contribution in [3.05, 3.63) is 17.5 Å². The molecule has 1 amide bonds. The summed E-state index contributed by atoms with van der Waals surface area (Å²) in [5, 5.41) is 3.98. The topological polar surface area (TPSA) is 46.9 Å². The summed E-state index contributed by atoms with van der Waals surface area (Å²) in [5.41, 5.74) is 1.25. The Balaban J connectivity index is 3.03. The molecule has 1 rings (SSSR count). The van der Waals surface area contributed by atoms with Gasteiger partial charge in [-0.1, -0.05) is 0 Å². The van der Waals surface area contributed by atoms with Crippen LogP contribution in [-0.2, 0) is 7.05 Å². The zero-order valence-corrected chi connectivity index (χ0v) is 7.01. The van der Waals surface area contributed by atoms with Gasteiger partial charge in [0.2, 0.25) is 0 Å². The van der Waals surface area contributed by atoms with Crippen LogP contribution in [0.4, 0.5) is 0 Å². The quantitative estimate of drug-likeness (QED) is 0.633. The van der Waals surface area contributed by atoms with Gasteiger partial charge in [-0.05, 0) is 13.0 Å². The number of amides is 1. The van der Waals surface area contributed by atoms with Crippen molar-refractivity contribution in [2.75, 3.05) is 0 Å². The van der Waals surface area contributed by atoms with Crippen molar-refractivity contribution in [2.24, 2.45) is 7.05 Å². The summed E-state index contributed by atoms with van der Waals surface area (Å²) >= 11 is 5.13. The Bertz CT molecular complexity index is 281. The fraction of sp³-hybridized carbons (Fsp3) is 0.333. The average molecular weight is 174 g/mol. The second-order valence-electron chi connectivity index (χ2n) is 2.22. The van der Waals surface area contributed by atoms with E-state index in [9.17, 15) is 4.79 Å². The van der Waals surface area contributed by atoms with Crippen LogP contribution in [0.2, 0.25) is 0 Å². The molecule has 0 atom stereocenters. The molecule has 1 N–H and O–H groups in total. The fourth-order valence-electron chi connectivity index (χ4n) is 0.872. The number of nitrogens with zero attached hydrogens (tertiary/aromatic N) is 2. The van der Waals surface area contributed by atoms with Gasteiger partial charge < -0.3 is 0 Å². The van der Waals surface area contributed by atoms with Crippen LogP contribution in [0.3, 0.4) is 0 Å². The molecule has 5 heteroatoms. The standard InChI is InChI=1S/C6H8ClN3O/c1-4-3-5(6(11)8-7)10(2)9-4/h3H,1-2H3,(H,8,11). The number of aromatic nitrogens is 2. The Morgan fingerprint density at radius 1 is 1.82 bits per heavy atom. The summed E-state index contributed by atoms with van der Waals surface area (Å²) in [6.45, 7) is 1.81. The molecule has 0 bridgehead atoms. The second-order valence-corrected chi connectivity index (χ2v) is 2.41. The predicted molar refractivity (Wildman–Crippen MR) is 41.3 cm³/mol. The smallest absolute Gasteiger partial charge is 0.266 e. The van der Waals surface area contributed by atoms with Gasteiger partial charge in [-0.3, -0.25) is 14.3 Å². The third-order valence-electron chi connectivity index (χ3n) is 1.32. The molecule has 0 saturated carbocycles. The van der Waals surface area contributed by atoms with E-state index in [-0.39, 0.29) is 5.91 Å². The molecule has 0 aliphatic rings. The highest BCUT2D eigenvalue weighted by Crippen LogP contribution is 2.01. The number of carbonyl (C=O) groups excluding carboxylic acids is 1. The molecule has 1 heterocycles. The molecule has 0 spiro atoms. The number of halogens is 1. The SMILES string of the molecule is Cc1cc(C(=O)NCl)n(C)n1. The van der Waals surface area contributed by atoms with Crippen LogP contribution >= 0.6 is 11.8 Å². The van der Waals surface area contributed by atoms with Crippen molar-refractivity contribution in [3.63, 3.8) is 0 Å². The molecule has 11 heavy (non-hydrogen) atoms. The number of hydrogen-bond acceptors (Lipinski definition) is 2. The van der Waals surface area contributed by atoms with Crippen LogP contribution in [0.15, 0.2) is 6.07 Å². The van der Waals surface area contributed by atoms with Crippen molar-refractivity contribution in [1.82, 2.24) is 14.6 Å². The van der Waals surface area contributed by atoms with E-state index in [1.54, 1.807) is 13.1 Å². The molecule has 0 aliphatic carbocycles. The minimum absolute atomic E-state index is 0.338. The summed E-state index contributed by atoms with van der Waals surface area (Å²) in [7, 11) is 1.69. The number of aryl methyl sites for hydroxylation is 2. The zero-order chi connectivity index (χ0) is 8.43. The fourth-order valence-corrected chi connectivity index (χ4v) is 0.968. The van der Waals surface area contributed by atoms with E-state index in [1.807, 2.05) is 11.8 Å². The van der Waals surface area contributed by atoms with Gasteiger partial charge in [0, 0.05) is 18.8 Å². The molecule has 60 valence electrons. The van der Waals surface area contributed by atoms with E-state index in [4.69, 9.17) is 11.8 Å². The Morgan fingerprint density at radius 3 is 2.82 bits per heavy atom. The van der Waals surface area contributed by atoms with E-state index in [1.165, 1.54) is 4.68 Å². The minimum atomic E-state index is -0.338. The van der Waals surface area contributed by atoms with Crippen LogP contribution in [0, 0.1) is 6.92 Å². The highest BCUT2D eigenvalue weighted by molar-refractivity contribution is 6.23. The molecule has 0 aromatic carbocycles. The van der Waals surface area contributed by atoms with E-state index < -0.39 is 0 Å². The maximum atomic E-state index is 10.9. The highest BCUT2D eigenvalue weighted by Gasteiger charge is 2.09. The van der Waals surface area contributed by atoms with Gasteiger partial charge in [0.05, 0.1) is 5.69 Å². The monoisotopic (exact) mass is 173 g/mol. The third-order valence-corrected chi connectivity index (χ3v) is 1.49. The van der Waals surface area contributed by atoms with E-state index in [0.29, 0.717) is 5.69 Å². The lowest BCUT2D eigenvalue weighted by Gasteiger charge is -1.95. The summed E-state index contributed by atoms with van der Waals surface area (Å²) in [6.07, 6.45) is 0. The lowest BCUT2D eigenvalue weighted by atomic mass is 10.3. The molecule has 0 saturated heterocycles. The number of rotatable bonds is 1. The normalized spacial score (nSPS) is 9.73. The summed E-state index contributed by atoms with van der Waals surface area (Å²) < 4.78 is 1.48. The first-order chi connectivity index (χ1) is 5.15. The van der Waals surface area contributed by atoms with Crippen LogP contribution in [0.5, 0.6) is 0 Å². The predicted octanol–water partition coefficient (Wildman–Crippen LogP) is 0.612. The summed E-state index contributed by atoms with van der Waals surface area (Å²) in [6, 6.07) is 1.66. The average Bonchev–Trinajstić information content (AvgIpc) is 2.28. The first-order valence-electron chi connectivity index (χ1n) is 3.06. The lowest BCUT2D eigenvalue weighted by Crippen LogP contribution is -2.16. The number of nitrogens with one attached hydrogen (secondary N) is 1.